The zero-order chi connectivity index (χ0) is 11.1. The summed E-state index contributed by atoms with van der Waals surface area (Å²) in [6.45, 7) is 7.33. The highest BCUT2D eigenvalue weighted by Gasteiger charge is 2.30. The van der Waals surface area contributed by atoms with Gasteiger partial charge in [-0.25, -0.2) is 0 Å². The molecule has 1 saturated heterocycles. The SMILES string of the molecule is CC(C)CCCNC1(CCl)CCOCC1. The predicted octanol–water partition coefficient (Wildman–Crippen LogP) is 2.80. The first-order chi connectivity index (χ1) is 7.18. The van der Waals surface area contributed by atoms with Crippen molar-refractivity contribution in [1.29, 1.82) is 0 Å². The van der Waals surface area contributed by atoms with Gasteiger partial charge in [-0.3, -0.25) is 0 Å². The molecule has 2 nitrogen and oxygen atoms in total. The van der Waals surface area contributed by atoms with Gasteiger partial charge in [0.15, 0.2) is 0 Å². The minimum absolute atomic E-state index is 0.150. The van der Waals surface area contributed by atoms with Crippen LogP contribution in [-0.4, -0.2) is 31.2 Å². The van der Waals surface area contributed by atoms with E-state index in [4.69, 9.17) is 16.3 Å². The number of nitrogens with one attached hydrogen (secondary N) is 1. The van der Waals surface area contributed by atoms with E-state index in [1.54, 1.807) is 0 Å². The molecule has 0 aromatic heterocycles. The first-order valence-corrected chi connectivity index (χ1v) is 6.61. The molecule has 0 spiro atoms. The zero-order valence-electron chi connectivity index (χ0n) is 10.0. The second-order valence-corrected chi connectivity index (χ2v) is 5.26. The van der Waals surface area contributed by atoms with Crippen LogP contribution in [0.15, 0.2) is 0 Å². The van der Waals surface area contributed by atoms with E-state index in [2.05, 4.69) is 19.2 Å². The topological polar surface area (TPSA) is 21.3 Å². The van der Waals surface area contributed by atoms with Crippen molar-refractivity contribution in [3.8, 4) is 0 Å². The van der Waals surface area contributed by atoms with Crippen LogP contribution in [0.4, 0.5) is 0 Å². The summed E-state index contributed by atoms with van der Waals surface area (Å²) in [6, 6.07) is 0. The Morgan fingerprint density at radius 3 is 2.53 bits per heavy atom. The molecule has 3 heteroatoms. The maximum Gasteiger partial charge on any atom is 0.0484 e. The van der Waals surface area contributed by atoms with E-state index in [0.29, 0.717) is 5.88 Å². The van der Waals surface area contributed by atoms with E-state index in [0.717, 1.165) is 38.5 Å². The number of hydrogen-bond donors (Lipinski definition) is 1. The summed E-state index contributed by atoms with van der Waals surface area (Å²) in [5.74, 6) is 1.51. The Hall–Kier alpha value is 0.210. The Balaban J connectivity index is 2.20. The lowest BCUT2D eigenvalue weighted by atomic mass is 9.92. The maximum atomic E-state index is 6.06. The van der Waals surface area contributed by atoms with Crippen molar-refractivity contribution in [2.24, 2.45) is 5.92 Å². The maximum absolute atomic E-state index is 6.06. The molecule has 1 heterocycles. The van der Waals surface area contributed by atoms with Gasteiger partial charge >= 0.3 is 0 Å². The van der Waals surface area contributed by atoms with Crippen LogP contribution in [0.2, 0.25) is 0 Å². The normalized spacial score (nSPS) is 20.8. The lowest BCUT2D eigenvalue weighted by molar-refractivity contribution is 0.0465. The third-order valence-electron chi connectivity index (χ3n) is 3.16. The second-order valence-electron chi connectivity index (χ2n) is 4.99. The van der Waals surface area contributed by atoms with Gasteiger partial charge in [-0.05, 0) is 38.1 Å². The van der Waals surface area contributed by atoms with Crippen LogP contribution < -0.4 is 5.32 Å². The number of hydrogen-bond acceptors (Lipinski definition) is 2. The van der Waals surface area contributed by atoms with Gasteiger partial charge in [-0.1, -0.05) is 13.8 Å². The molecule has 0 amide bonds. The summed E-state index contributed by atoms with van der Waals surface area (Å²) in [7, 11) is 0. The van der Waals surface area contributed by atoms with Crippen LogP contribution in [0.1, 0.15) is 39.5 Å². The Morgan fingerprint density at radius 1 is 1.33 bits per heavy atom. The number of ether oxygens (including phenoxy) is 1. The summed E-state index contributed by atoms with van der Waals surface area (Å²) < 4.78 is 5.37. The molecule has 1 N–H and O–H groups in total. The first-order valence-electron chi connectivity index (χ1n) is 6.07. The Morgan fingerprint density at radius 2 is 2.00 bits per heavy atom. The van der Waals surface area contributed by atoms with Crippen molar-refractivity contribution < 1.29 is 4.74 Å². The molecule has 1 aliphatic heterocycles. The Labute approximate surface area is 98.7 Å². The third kappa shape index (κ3) is 4.71. The minimum Gasteiger partial charge on any atom is -0.381 e. The molecule has 0 unspecified atom stereocenters. The molecule has 15 heavy (non-hydrogen) atoms. The second kappa shape index (κ2) is 6.72. The van der Waals surface area contributed by atoms with Crippen molar-refractivity contribution in [3.05, 3.63) is 0 Å². The predicted molar refractivity (Wildman–Crippen MR) is 65.6 cm³/mol. The fourth-order valence-corrected chi connectivity index (χ4v) is 2.35. The first kappa shape index (κ1) is 13.3. The van der Waals surface area contributed by atoms with Gasteiger partial charge in [0.2, 0.25) is 0 Å². The fourth-order valence-electron chi connectivity index (χ4n) is 1.98. The minimum atomic E-state index is 0.150. The molecule has 0 aromatic carbocycles. The van der Waals surface area contributed by atoms with Gasteiger partial charge in [0.25, 0.3) is 0 Å². The molecule has 0 bridgehead atoms. The molecule has 0 aromatic rings. The summed E-state index contributed by atoms with van der Waals surface area (Å²) in [4.78, 5) is 0. The van der Waals surface area contributed by atoms with E-state index < -0.39 is 0 Å². The molecule has 0 atom stereocenters. The molecule has 0 radical (unpaired) electrons. The van der Waals surface area contributed by atoms with E-state index in [1.165, 1.54) is 12.8 Å². The highest BCUT2D eigenvalue weighted by molar-refractivity contribution is 6.18. The van der Waals surface area contributed by atoms with E-state index in [1.807, 2.05) is 0 Å². The van der Waals surface area contributed by atoms with Crippen LogP contribution in [0.5, 0.6) is 0 Å². The van der Waals surface area contributed by atoms with Crippen LogP contribution in [0.3, 0.4) is 0 Å². The third-order valence-corrected chi connectivity index (χ3v) is 3.68. The lowest BCUT2D eigenvalue weighted by Gasteiger charge is -2.36. The summed E-state index contributed by atoms with van der Waals surface area (Å²) in [6.07, 6.45) is 4.65. The Kier molecular flexibility index (Phi) is 5.95. The van der Waals surface area contributed by atoms with E-state index in [9.17, 15) is 0 Å². The van der Waals surface area contributed by atoms with Crippen LogP contribution in [0.25, 0.3) is 0 Å². The van der Waals surface area contributed by atoms with Crippen molar-refractivity contribution in [1.82, 2.24) is 5.32 Å². The van der Waals surface area contributed by atoms with Gasteiger partial charge in [0, 0.05) is 24.6 Å². The Bertz CT molecular complexity index is 167. The van der Waals surface area contributed by atoms with Crippen LogP contribution in [-0.2, 0) is 4.74 Å². The summed E-state index contributed by atoms with van der Waals surface area (Å²) in [5.41, 5.74) is 0.150. The number of halogens is 1. The van der Waals surface area contributed by atoms with Crippen molar-refractivity contribution >= 4 is 11.6 Å². The van der Waals surface area contributed by atoms with Gasteiger partial charge < -0.3 is 10.1 Å². The van der Waals surface area contributed by atoms with Crippen molar-refractivity contribution in [3.63, 3.8) is 0 Å². The molecule has 1 aliphatic rings. The number of alkyl halides is 1. The van der Waals surface area contributed by atoms with Gasteiger partial charge in [0.05, 0.1) is 0 Å². The molecule has 90 valence electrons. The lowest BCUT2D eigenvalue weighted by Crippen LogP contribution is -2.51. The molecule has 0 saturated carbocycles. The zero-order valence-corrected chi connectivity index (χ0v) is 10.8. The van der Waals surface area contributed by atoms with E-state index in [-0.39, 0.29) is 5.54 Å². The number of rotatable bonds is 6. The molecule has 0 aliphatic carbocycles. The van der Waals surface area contributed by atoms with Crippen molar-refractivity contribution in [2.45, 2.75) is 45.1 Å². The average molecular weight is 234 g/mol. The highest BCUT2D eigenvalue weighted by Crippen LogP contribution is 2.22. The summed E-state index contributed by atoms with van der Waals surface area (Å²) in [5, 5.41) is 3.63. The largest absolute Gasteiger partial charge is 0.381 e. The highest BCUT2D eigenvalue weighted by atomic mass is 35.5. The van der Waals surface area contributed by atoms with Gasteiger partial charge in [-0.2, -0.15) is 0 Å². The average Bonchev–Trinajstić information content (AvgIpc) is 2.26. The summed E-state index contributed by atoms with van der Waals surface area (Å²) >= 11 is 6.06. The molecular weight excluding hydrogens is 210 g/mol. The smallest absolute Gasteiger partial charge is 0.0484 e. The molecule has 1 rings (SSSR count). The quantitative estimate of drug-likeness (QED) is 0.563. The monoisotopic (exact) mass is 233 g/mol. The van der Waals surface area contributed by atoms with Gasteiger partial charge in [0.1, 0.15) is 0 Å². The molecule has 1 fully saturated rings. The van der Waals surface area contributed by atoms with E-state index >= 15 is 0 Å². The van der Waals surface area contributed by atoms with Crippen LogP contribution >= 0.6 is 11.6 Å². The standard InChI is InChI=1S/C12H24ClNO/c1-11(2)4-3-7-14-12(10-13)5-8-15-9-6-12/h11,14H,3-10H2,1-2H3. The van der Waals surface area contributed by atoms with Crippen molar-refractivity contribution in [2.75, 3.05) is 25.6 Å². The fraction of sp³-hybridized carbons (Fsp3) is 1.00. The van der Waals surface area contributed by atoms with Crippen LogP contribution in [0, 0.1) is 5.92 Å². The van der Waals surface area contributed by atoms with Gasteiger partial charge in [-0.15, -0.1) is 11.6 Å². The molecular formula is C12H24ClNO.